The van der Waals surface area contributed by atoms with Gasteiger partial charge in [-0.3, -0.25) is 9.59 Å². The number of hydrogen-bond donors (Lipinski definition) is 2. The van der Waals surface area contributed by atoms with Gasteiger partial charge >= 0.3 is 0 Å². The van der Waals surface area contributed by atoms with Crippen LogP contribution in [-0.2, 0) is 9.59 Å². The molecule has 4 nitrogen and oxygen atoms in total. The van der Waals surface area contributed by atoms with Crippen molar-refractivity contribution in [2.24, 2.45) is 5.92 Å². The summed E-state index contributed by atoms with van der Waals surface area (Å²) in [5.41, 5.74) is -0.123. The fourth-order valence-corrected chi connectivity index (χ4v) is 1.56. The van der Waals surface area contributed by atoms with Crippen LogP contribution in [0, 0.1) is 17.6 Å². The number of halogens is 2. The van der Waals surface area contributed by atoms with Gasteiger partial charge in [-0.15, -0.1) is 0 Å². The molecular weight excluding hydrogens is 254 g/mol. The number of benzene rings is 1. The highest BCUT2D eigenvalue weighted by Gasteiger charge is 2.23. The van der Waals surface area contributed by atoms with E-state index >= 15 is 0 Å². The van der Waals surface area contributed by atoms with E-state index in [2.05, 4.69) is 10.6 Å². The highest BCUT2D eigenvalue weighted by Crippen LogP contribution is 2.16. The third-order valence-corrected chi connectivity index (χ3v) is 2.50. The lowest BCUT2D eigenvalue weighted by Crippen LogP contribution is -2.46. The van der Waals surface area contributed by atoms with E-state index in [9.17, 15) is 18.4 Å². The Kier molecular flexibility index (Phi) is 4.97. The van der Waals surface area contributed by atoms with Gasteiger partial charge in [-0.25, -0.2) is 8.78 Å². The maximum absolute atomic E-state index is 13.4. The van der Waals surface area contributed by atoms with E-state index in [-0.39, 0.29) is 17.5 Å². The van der Waals surface area contributed by atoms with Crippen molar-refractivity contribution in [1.29, 1.82) is 0 Å². The van der Waals surface area contributed by atoms with Gasteiger partial charge in [0.1, 0.15) is 17.7 Å². The first-order chi connectivity index (χ1) is 8.81. The molecule has 0 spiro atoms. The van der Waals surface area contributed by atoms with Crippen LogP contribution in [-0.4, -0.2) is 17.9 Å². The molecule has 0 radical (unpaired) electrons. The van der Waals surface area contributed by atoms with Crippen molar-refractivity contribution in [3.8, 4) is 0 Å². The number of amides is 2. The third kappa shape index (κ3) is 4.31. The minimum absolute atomic E-state index is 0.123. The third-order valence-electron chi connectivity index (χ3n) is 2.50. The van der Waals surface area contributed by atoms with E-state index in [1.807, 2.05) is 0 Å². The van der Waals surface area contributed by atoms with Gasteiger partial charge in [0.05, 0.1) is 5.69 Å². The first-order valence-corrected chi connectivity index (χ1v) is 5.84. The zero-order valence-electron chi connectivity index (χ0n) is 11.0. The highest BCUT2D eigenvalue weighted by molar-refractivity contribution is 5.97. The molecule has 1 rings (SSSR count). The molecule has 0 fully saturated rings. The van der Waals surface area contributed by atoms with Gasteiger partial charge < -0.3 is 10.6 Å². The van der Waals surface area contributed by atoms with E-state index in [1.165, 1.54) is 6.92 Å². The fourth-order valence-electron chi connectivity index (χ4n) is 1.56. The Balaban J connectivity index is 2.84. The Labute approximate surface area is 110 Å². The number of nitrogens with one attached hydrogen (secondary N) is 2. The van der Waals surface area contributed by atoms with Crippen LogP contribution >= 0.6 is 0 Å². The van der Waals surface area contributed by atoms with Crippen LogP contribution in [0.5, 0.6) is 0 Å². The van der Waals surface area contributed by atoms with Crippen molar-refractivity contribution in [2.45, 2.75) is 26.8 Å². The summed E-state index contributed by atoms with van der Waals surface area (Å²) in [5, 5.41) is 4.81. The lowest BCUT2D eigenvalue weighted by molar-refractivity contribution is -0.126. The Morgan fingerprint density at radius 2 is 1.84 bits per heavy atom. The fraction of sp³-hybridized carbons (Fsp3) is 0.385. The Morgan fingerprint density at radius 1 is 1.21 bits per heavy atom. The van der Waals surface area contributed by atoms with Gasteiger partial charge in [0.25, 0.3) is 0 Å². The minimum atomic E-state index is -0.862. The molecule has 6 heteroatoms. The molecule has 0 saturated heterocycles. The van der Waals surface area contributed by atoms with Crippen molar-refractivity contribution >= 4 is 17.5 Å². The van der Waals surface area contributed by atoms with Crippen LogP contribution < -0.4 is 10.6 Å². The molecule has 0 unspecified atom stereocenters. The average Bonchev–Trinajstić information content (AvgIpc) is 2.29. The van der Waals surface area contributed by atoms with E-state index in [0.717, 1.165) is 12.1 Å². The first kappa shape index (κ1) is 15.1. The summed E-state index contributed by atoms with van der Waals surface area (Å²) < 4.78 is 26.1. The molecule has 0 aromatic heterocycles. The summed E-state index contributed by atoms with van der Waals surface area (Å²) in [7, 11) is 0. The molecule has 2 N–H and O–H groups in total. The number of anilines is 1. The van der Waals surface area contributed by atoms with Gasteiger partial charge in [0.15, 0.2) is 0 Å². The monoisotopic (exact) mass is 270 g/mol. The van der Waals surface area contributed by atoms with Gasteiger partial charge in [0.2, 0.25) is 11.8 Å². The summed E-state index contributed by atoms with van der Waals surface area (Å²) >= 11 is 0. The van der Waals surface area contributed by atoms with Crippen LogP contribution in [0.25, 0.3) is 0 Å². The molecule has 0 aliphatic heterocycles. The molecule has 0 saturated carbocycles. The summed E-state index contributed by atoms with van der Waals surface area (Å²) in [4.78, 5) is 23.0. The van der Waals surface area contributed by atoms with Gasteiger partial charge in [-0.05, 0) is 18.1 Å². The van der Waals surface area contributed by atoms with E-state index in [0.29, 0.717) is 6.07 Å². The van der Waals surface area contributed by atoms with Crippen LogP contribution in [0.4, 0.5) is 14.5 Å². The van der Waals surface area contributed by atoms with Gasteiger partial charge in [-0.2, -0.15) is 0 Å². The number of rotatable bonds is 4. The lowest BCUT2D eigenvalue weighted by Gasteiger charge is -2.21. The Morgan fingerprint density at radius 3 is 2.32 bits per heavy atom. The van der Waals surface area contributed by atoms with E-state index < -0.39 is 23.6 Å². The summed E-state index contributed by atoms with van der Waals surface area (Å²) in [6, 6.07) is 2.08. The van der Waals surface area contributed by atoms with Crippen molar-refractivity contribution in [1.82, 2.24) is 5.32 Å². The number of carbonyl (C=O) groups is 2. The molecule has 1 aromatic carbocycles. The van der Waals surface area contributed by atoms with Gasteiger partial charge in [0, 0.05) is 13.0 Å². The molecule has 104 valence electrons. The van der Waals surface area contributed by atoms with Crippen molar-refractivity contribution in [2.75, 3.05) is 5.32 Å². The summed E-state index contributed by atoms with van der Waals surface area (Å²) in [6.45, 7) is 4.80. The van der Waals surface area contributed by atoms with Crippen LogP contribution in [0.3, 0.4) is 0 Å². The average molecular weight is 270 g/mol. The standard InChI is InChI=1S/C13H16F2N2O2/c1-7(2)12(16-8(3)18)13(19)17-11-5-4-9(14)6-10(11)15/h4-7,12H,1-3H3,(H,16,18)(H,17,19)/t12-/m1/s1. The zero-order chi connectivity index (χ0) is 14.6. The molecule has 0 aliphatic rings. The zero-order valence-corrected chi connectivity index (χ0v) is 11.0. The van der Waals surface area contributed by atoms with Gasteiger partial charge in [-0.1, -0.05) is 13.8 Å². The van der Waals surface area contributed by atoms with E-state index in [4.69, 9.17) is 0 Å². The molecule has 1 atom stereocenters. The van der Waals surface area contributed by atoms with Crippen molar-refractivity contribution in [3.63, 3.8) is 0 Å². The highest BCUT2D eigenvalue weighted by atomic mass is 19.1. The van der Waals surface area contributed by atoms with Crippen molar-refractivity contribution < 1.29 is 18.4 Å². The first-order valence-electron chi connectivity index (χ1n) is 5.84. The van der Waals surface area contributed by atoms with Crippen LogP contribution in [0.15, 0.2) is 18.2 Å². The normalized spacial score (nSPS) is 12.1. The Hall–Kier alpha value is -1.98. The summed E-state index contributed by atoms with van der Waals surface area (Å²) in [5.74, 6) is -2.65. The topological polar surface area (TPSA) is 58.2 Å². The molecule has 2 amide bonds. The summed E-state index contributed by atoms with van der Waals surface area (Å²) in [6.07, 6.45) is 0. The molecule has 0 aliphatic carbocycles. The van der Waals surface area contributed by atoms with Crippen LogP contribution in [0.1, 0.15) is 20.8 Å². The maximum Gasteiger partial charge on any atom is 0.247 e. The van der Waals surface area contributed by atoms with Crippen LogP contribution in [0.2, 0.25) is 0 Å². The second-order valence-electron chi connectivity index (χ2n) is 4.54. The predicted molar refractivity (Wildman–Crippen MR) is 67.4 cm³/mol. The number of carbonyl (C=O) groups excluding carboxylic acids is 2. The molecule has 19 heavy (non-hydrogen) atoms. The molecule has 0 heterocycles. The second kappa shape index (κ2) is 6.26. The molecule has 1 aromatic rings. The Bertz CT molecular complexity index is 490. The van der Waals surface area contributed by atoms with E-state index in [1.54, 1.807) is 13.8 Å². The largest absolute Gasteiger partial charge is 0.344 e. The SMILES string of the molecule is CC(=O)N[C@@H](C(=O)Nc1ccc(F)cc1F)C(C)C. The quantitative estimate of drug-likeness (QED) is 0.880. The smallest absolute Gasteiger partial charge is 0.247 e. The minimum Gasteiger partial charge on any atom is -0.344 e. The maximum atomic E-state index is 13.4. The lowest BCUT2D eigenvalue weighted by atomic mass is 10.0. The number of hydrogen-bond acceptors (Lipinski definition) is 2. The molecular formula is C13H16F2N2O2. The second-order valence-corrected chi connectivity index (χ2v) is 4.54. The molecule has 0 bridgehead atoms. The predicted octanol–water partition coefficient (Wildman–Crippen LogP) is 2.06. The van der Waals surface area contributed by atoms with Crippen molar-refractivity contribution in [3.05, 3.63) is 29.8 Å².